The second kappa shape index (κ2) is 33.4. The second-order valence-electron chi connectivity index (χ2n) is 25.4. The van der Waals surface area contributed by atoms with E-state index in [1.54, 1.807) is 13.8 Å². The molecule has 0 amide bonds. The van der Waals surface area contributed by atoms with Gasteiger partial charge in [-0.3, -0.25) is 0 Å². The van der Waals surface area contributed by atoms with E-state index in [1.807, 2.05) is 0 Å². The van der Waals surface area contributed by atoms with Gasteiger partial charge < -0.3 is 194 Å². The summed E-state index contributed by atoms with van der Waals surface area (Å²) < 4.78 is 88.2. The summed E-state index contributed by atoms with van der Waals surface area (Å²) in [4.78, 5) is 12.7. The summed E-state index contributed by atoms with van der Waals surface area (Å²) >= 11 is 0. The molecule has 0 aromatic carbocycles. The number of ether oxygens (including phenoxy) is 15. The van der Waals surface area contributed by atoms with Crippen LogP contribution in [0.3, 0.4) is 0 Å². The highest BCUT2D eigenvalue weighted by Gasteiger charge is 2.60. The summed E-state index contributed by atoms with van der Waals surface area (Å²) in [5.74, 6) is -7.78. The zero-order valence-electron chi connectivity index (χ0n) is 51.9. The van der Waals surface area contributed by atoms with E-state index >= 15 is 0 Å². The number of aliphatic carboxylic acids is 1. The van der Waals surface area contributed by atoms with Crippen molar-refractivity contribution in [3.63, 3.8) is 0 Å². The Labute approximate surface area is 541 Å². The molecule has 95 heavy (non-hydrogen) atoms. The van der Waals surface area contributed by atoms with Crippen molar-refractivity contribution in [2.24, 2.45) is 23.5 Å². The maximum absolute atomic E-state index is 12.7. The van der Waals surface area contributed by atoms with Crippen molar-refractivity contribution in [1.82, 2.24) is 0 Å². The van der Waals surface area contributed by atoms with Gasteiger partial charge in [0, 0.05) is 24.2 Å². The zero-order valence-corrected chi connectivity index (χ0v) is 51.9. The van der Waals surface area contributed by atoms with E-state index < -0.39 is 316 Å². The molecular weight excluding hydrogens is 1300 g/mol. The van der Waals surface area contributed by atoms with Crippen molar-refractivity contribution in [1.29, 1.82) is 0 Å². The molecule has 0 radical (unpaired) electrons. The maximum atomic E-state index is 12.7. The first-order valence-corrected chi connectivity index (χ1v) is 31.2. The highest BCUT2D eigenvalue weighted by Crippen LogP contribution is 2.41. The van der Waals surface area contributed by atoms with Crippen LogP contribution in [0.4, 0.5) is 0 Å². The number of carbonyl (C=O) groups is 1. The first-order valence-electron chi connectivity index (χ1n) is 31.2. The van der Waals surface area contributed by atoms with Crippen LogP contribution in [0.2, 0.25) is 0 Å². The minimum Gasteiger partial charge on any atom is -0.477 e. The number of carboxylic acids is 1. The van der Waals surface area contributed by atoms with E-state index in [4.69, 9.17) is 76.8 Å². The van der Waals surface area contributed by atoms with Gasteiger partial charge in [0.05, 0.1) is 89.4 Å². The fraction of sp³-hybridized carbons (Fsp3) is 0.982. The number of carboxylic acid groups (broad SMARTS) is 1. The highest BCUT2D eigenvalue weighted by molar-refractivity contribution is 5.76. The fourth-order valence-electron chi connectivity index (χ4n) is 12.7. The van der Waals surface area contributed by atoms with E-state index in [2.05, 4.69) is 0 Å². The Balaban J connectivity index is 0.984. The molecular formula is C55H95NO39. The summed E-state index contributed by atoms with van der Waals surface area (Å²) in [6.07, 6.45) is -66.1. The number of aliphatic hydroxyl groups is 22. The third-order valence-electron chi connectivity index (χ3n) is 19.1. The van der Waals surface area contributed by atoms with Gasteiger partial charge in [-0.1, -0.05) is 20.8 Å². The molecule has 8 heterocycles. The SMILES string of the molecule is CC1C(O)[C@H](O[C@@H]2OC(CO[C@]3(C(=O)O)C[C@@H](O)[C@@H](N)C([C@H](O)[C@H](O)CO)O3)[C@H](O)C(O)[C@@H]2O)[C@H](CO)O[C@H]1OC1[C@@H](OCC2O[C@@H](O[C@@H]3C(CO)O[C@@H](O[C@@H]4C(CO)O[C@@H](C)[C@@H](C)C4O)[C@@H](C)C3O)C(O)C(O[C@H]3O[C@H](CO)[C@@H](O)C(O)C3O)[C@@H]2O)OC(CO)[C@@H](O)[C@@H]1O. The maximum Gasteiger partial charge on any atom is 0.364 e. The second-order valence-corrected chi connectivity index (χ2v) is 25.4. The van der Waals surface area contributed by atoms with E-state index in [9.17, 15) is 122 Å². The van der Waals surface area contributed by atoms with Gasteiger partial charge in [-0.2, -0.15) is 0 Å². The number of hydrogen-bond donors (Lipinski definition) is 24. The lowest BCUT2D eigenvalue weighted by Gasteiger charge is -2.50. The molecule has 25 N–H and O–H groups in total. The van der Waals surface area contributed by atoms with Gasteiger partial charge in [-0.15, -0.1) is 0 Å². The van der Waals surface area contributed by atoms with Gasteiger partial charge in [0.15, 0.2) is 37.7 Å². The highest BCUT2D eigenvalue weighted by atomic mass is 16.8. The van der Waals surface area contributed by atoms with Crippen LogP contribution in [-0.2, 0) is 75.8 Å². The third-order valence-corrected chi connectivity index (χ3v) is 19.1. The molecule has 8 aliphatic rings. The first kappa shape index (κ1) is 78.7. The molecule has 41 atom stereocenters. The number of hydrogen-bond acceptors (Lipinski definition) is 39. The molecule has 8 fully saturated rings. The Kier molecular flexibility index (Phi) is 27.6. The topological polar surface area (TPSA) is 647 Å². The number of rotatable bonds is 25. The third kappa shape index (κ3) is 16.4. The average molecular weight is 1390 g/mol. The van der Waals surface area contributed by atoms with E-state index in [0.717, 1.165) is 0 Å². The normalized spacial score (nSPS) is 51.6. The minimum atomic E-state index is -2.90. The summed E-state index contributed by atoms with van der Waals surface area (Å²) in [7, 11) is 0. The van der Waals surface area contributed by atoms with Gasteiger partial charge in [-0.25, -0.2) is 4.79 Å². The van der Waals surface area contributed by atoms with Gasteiger partial charge in [0.1, 0.15) is 153 Å². The molecule has 0 aromatic heterocycles. The van der Waals surface area contributed by atoms with Crippen LogP contribution in [-0.4, -0.2) is 409 Å². The van der Waals surface area contributed by atoms with E-state index in [-0.39, 0.29) is 0 Å². The molecule has 0 saturated carbocycles. The smallest absolute Gasteiger partial charge is 0.364 e. The molecule has 0 bridgehead atoms. The Morgan fingerprint density at radius 1 is 0.432 bits per heavy atom. The van der Waals surface area contributed by atoms with Crippen molar-refractivity contribution >= 4 is 5.97 Å². The van der Waals surface area contributed by atoms with Crippen molar-refractivity contribution in [3.8, 4) is 0 Å². The monoisotopic (exact) mass is 1390 g/mol. The van der Waals surface area contributed by atoms with Crippen LogP contribution >= 0.6 is 0 Å². The molecule has 554 valence electrons. The van der Waals surface area contributed by atoms with Crippen LogP contribution in [0.1, 0.15) is 34.1 Å². The quantitative estimate of drug-likeness (QED) is 0.0404. The largest absolute Gasteiger partial charge is 0.477 e. The van der Waals surface area contributed by atoms with Crippen molar-refractivity contribution in [2.45, 2.75) is 267 Å². The van der Waals surface area contributed by atoms with Crippen LogP contribution in [0.15, 0.2) is 0 Å². The summed E-state index contributed by atoms with van der Waals surface area (Å²) in [5, 5.41) is 249. The van der Waals surface area contributed by atoms with Crippen molar-refractivity contribution < 1.29 is 193 Å². The summed E-state index contributed by atoms with van der Waals surface area (Å²) in [5.41, 5.74) is 5.93. The molecule has 40 nitrogen and oxygen atoms in total. The molecule has 0 aromatic rings. The predicted octanol–water partition coefficient (Wildman–Crippen LogP) is -14.4. The standard InChI is InChI=1S/C55H95NO39/c1-14-17(4)83-22(9-60)42(28(14)65)90-48-15(2)29(66)44(24(11-62)86-48)92-52-41(78)46(93-50-39(76)36(73)32(69)20(7-58)84-50)35(72)25(88-52)12-81-53-47(38(75)33(70)21(8-59)85-53)94-49-16(3)30(67)43(23(10-61)87-49)91-51-40(77)37(74)34(71)26(89-51)13-82-55(54(79)80)5-18(63)27(56)45(95-55)31(68)19(64)6-57/h14-53,57-78H,5-13,56H2,1-4H3,(H,79,80)/t14-,15+,16?,17+,18-,19-,20-,21?,22?,23+,24?,25?,26?,27-,28?,29?,30?,31-,32-,33-,34+,35-,36?,37?,38+,39?,40+,41?,42-,43-,44-,45?,46?,47?,48+,49+,50-,51+,52+,53+,55-/m1/s1. The average Bonchev–Trinajstić information content (AvgIpc) is 0.792. The summed E-state index contributed by atoms with van der Waals surface area (Å²) in [6.45, 7) is -1.43. The molecule has 8 rings (SSSR count). The molecule has 8 aliphatic heterocycles. The van der Waals surface area contributed by atoms with Crippen molar-refractivity contribution in [2.75, 3.05) is 52.9 Å². The molecule has 0 aliphatic carbocycles. The minimum absolute atomic E-state index is 0.497. The van der Waals surface area contributed by atoms with Crippen molar-refractivity contribution in [3.05, 3.63) is 0 Å². The first-order chi connectivity index (χ1) is 44.8. The number of nitrogens with two attached hydrogens (primary N) is 1. The molecule has 8 saturated heterocycles. The summed E-state index contributed by atoms with van der Waals surface area (Å²) in [6, 6.07) is -1.53. The predicted molar refractivity (Wildman–Crippen MR) is 297 cm³/mol. The Morgan fingerprint density at radius 3 is 1.31 bits per heavy atom. The lowest BCUT2D eigenvalue weighted by atomic mass is 9.88. The van der Waals surface area contributed by atoms with Crippen LogP contribution in [0, 0.1) is 17.8 Å². The lowest BCUT2D eigenvalue weighted by Crippen LogP contribution is -2.67. The van der Waals surface area contributed by atoms with E-state index in [0.29, 0.717) is 0 Å². The lowest BCUT2D eigenvalue weighted by molar-refractivity contribution is -0.392. The Morgan fingerprint density at radius 2 is 0.821 bits per heavy atom. The molecule has 0 spiro atoms. The van der Waals surface area contributed by atoms with Crippen LogP contribution < -0.4 is 5.73 Å². The van der Waals surface area contributed by atoms with E-state index in [1.165, 1.54) is 13.8 Å². The molecule has 40 heteroatoms. The fourth-order valence-corrected chi connectivity index (χ4v) is 12.7. The van der Waals surface area contributed by atoms with Gasteiger partial charge in [-0.05, 0) is 6.92 Å². The molecule has 16 unspecified atom stereocenters. The van der Waals surface area contributed by atoms with Gasteiger partial charge in [0.2, 0.25) is 0 Å². The van der Waals surface area contributed by atoms with Crippen LogP contribution in [0.5, 0.6) is 0 Å². The van der Waals surface area contributed by atoms with Gasteiger partial charge in [0.25, 0.3) is 5.79 Å². The Hall–Kier alpha value is -2.05. The number of aliphatic hydroxyl groups excluding tert-OH is 22. The van der Waals surface area contributed by atoms with Crippen LogP contribution in [0.25, 0.3) is 0 Å². The van der Waals surface area contributed by atoms with Gasteiger partial charge >= 0.3 is 5.97 Å². The zero-order chi connectivity index (χ0) is 70.1. The Bertz CT molecular complexity index is 2360.